The van der Waals surface area contributed by atoms with Gasteiger partial charge in [-0.15, -0.1) is 0 Å². The van der Waals surface area contributed by atoms with Gasteiger partial charge in [-0.1, -0.05) is 12.1 Å². The van der Waals surface area contributed by atoms with Crippen molar-refractivity contribution in [1.29, 1.82) is 0 Å². The maximum Gasteiger partial charge on any atom is 0.381 e. The van der Waals surface area contributed by atoms with Crippen molar-refractivity contribution in [3.8, 4) is 5.75 Å². The lowest BCUT2D eigenvalue weighted by Crippen LogP contribution is -2.48. The third-order valence-electron chi connectivity index (χ3n) is 4.73. The van der Waals surface area contributed by atoms with Crippen LogP contribution in [-0.2, 0) is 10.3 Å². The van der Waals surface area contributed by atoms with Gasteiger partial charge in [0.25, 0.3) is 5.91 Å². The quantitative estimate of drug-likeness (QED) is 0.612. The van der Waals surface area contributed by atoms with Crippen LogP contribution in [0.1, 0.15) is 25.3 Å². The molecule has 2 heterocycles. The zero-order valence-electron chi connectivity index (χ0n) is 14.2. The number of carbonyl (C=O) groups is 1. The Morgan fingerprint density at radius 3 is 2.44 bits per heavy atom. The predicted molar refractivity (Wildman–Crippen MR) is 90.4 cm³/mol. The number of carbonyl (C=O) groups excluding carboxylic acids is 1. The molecule has 0 N–H and O–H groups in total. The Morgan fingerprint density at radius 2 is 1.92 bits per heavy atom. The van der Waals surface area contributed by atoms with Crippen LogP contribution in [0.3, 0.4) is 0 Å². The summed E-state index contributed by atoms with van der Waals surface area (Å²) in [7, 11) is 1.57. The number of imidazole rings is 1. The van der Waals surface area contributed by atoms with Gasteiger partial charge in [-0.05, 0) is 47.4 Å². The van der Waals surface area contributed by atoms with E-state index >= 15 is 0 Å². The lowest BCUT2D eigenvalue weighted by molar-refractivity contribution is -0.389. The molecule has 0 radical (unpaired) electrons. The number of amides is 1. The van der Waals surface area contributed by atoms with Gasteiger partial charge in [0.15, 0.2) is 0 Å². The van der Waals surface area contributed by atoms with Gasteiger partial charge >= 0.3 is 5.82 Å². The summed E-state index contributed by atoms with van der Waals surface area (Å²) in [5.74, 6) is 0.299. The standard InChI is InChI=1S/C17H20N4O4/c1-17(16(22)19-9-3-4-10-19,13-5-7-14(25-2)8-6-13)20-11-15(18-12-20)21(23)24/h5-8,11-12H,3-4,9-10H2,1-2H3. The number of nitrogens with zero attached hydrogens (tertiary/aromatic N) is 4. The summed E-state index contributed by atoms with van der Waals surface area (Å²) < 4.78 is 6.70. The highest BCUT2D eigenvalue weighted by Crippen LogP contribution is 2.32. The Kier molecular flexibility index (Phi) is 4.43. The average Bonchev–Trinajstić information content (AvgIpc) is 3.32. The highest BCUT2D eigenvalue weighted by Gasteiger charge is 2.42. The SMILES string of the molecule is COc1ccc(C(C)(C(=O)N2CCCC2)n2cnc([N+](=O)[O-])c2)cc1. The van der Waals surface area contributed by atoms with Gasteiger partial charge in [-0.25, -0.2) is 0 Å². The molecule has 0 spiro atoms. The van der Waals surface area contributed by atoms with Crippen LogP contribution in [0.4, 0.5) is 5.82 Å². The van der Waals surface area contributed by atoms with Gasteiger partial charge in [0.1, 0.15) is 17.5 Å². The monoisotopic (exact) mass is 344 g/mol. The van der Waals surface area contributed by atoms with Crippen molar-refractivity contribution >= 4 is 11.7 Å². The van der Waals surface area contributed by atoms with Crippen LogP contribution in [-0.4, -0.2) is 45.5 Å². The minimum absolute atomic E-state index is 0.0949. The molecule has 1 unspecified atom stereocenters. The molecule has 0 bridgehead atoms. The summed E-state index contributed by atoms with van der Waals surface area (Å²) in [6, 6.07) is 7.16. The fraction of sp³-hybridized carbons (Fsp3) is 0.412. The van der Waals surface area contributed by atoms with E-state index in [-0.39, 0.29) is 11.7 Å². The minimum Gasteiger partial charge on any atom is -0.497 e. The second kappa shape index (κ2) is 6.54. The number of hydrogen-bond donors (Lipinski definition) is 0. The van der Waals surface area contributed by atoms with E-state index in [1.165, 1.54) is 17.1 Å². The van der Waals surface area contributed by atoms with Crippen LogP contribution < -0.4 is 4.74 Å². The zero-order valence-corrected chi connectivity index (χ0v) is 14.2. The lowest BCUT2D eigenvalue weighted by atomic mass is 9.90. The first-order valence-electron chi connectivity index (χ1n) is 8.09. The molecule has 1 fully saturated rings. The normalized spacial score (nSPS) is 16.5. The van der Waals surface area contributed by atoms with E-state index in [9.17, 15) is 14.9 Å². The first-order chi connectivity index (χ1) is 12.0. The second-order valence-electron chi connectivity index (χ2n) is 6.20. The molecule has 1 aromatic carbocycles. The molecule has 8 heteroatoms. The van der Waals surface area contributed by atoms with Crippen LogP contribution in [0.25, 0.3) is 0 Å². The first-order valence-corrected chi connectivity index (χ1v) is 8.09. The smallest absolute Gasteiger partial charge is 0.381 e. The molecule has 1 aliphatic heterocycles. The summed E-state index contributed by atoms with van der Waals surface area (Å²) >= 11 is 0. The molecular formula is C17H20N4O4. The minimum atomic E-state index is -1.11. The van der Waals surface area contributed by atoms with Gasteiger partial charge in [-0.3, -0.25) is 9.36 Å². The number of rotatable bonds is 5. The van der Waals surface area contributed by atoms with Crippen LogP contribution in [0.2, 0.25) is 0 Å². The number of benzene rings is 1. The number of hydrogen-bond acceptors (Lipinski definition) is 5. The van der Waals surface area contributed by atoms with E-state index in [0.717, 1.165) is 18.4 Å². The van der Waals surface area contributed by atoms with Crippen molar-refractivity contribution in [2.24, 2.45) is 0 Å². The lowest BCUT2D eigenvalue weighted by Gasteiger charge is -2.33. The van der Waals surface area contributed by atoms with Crippen LogP contribution >= 0.6 is 0 Å². The average molecular weight is 344 g/mol. The van der Waals surface area contributed by atoms with E-state index in [0.29, 0.717) is 18.8 Å². The van der Waals surface area contributed by atoms with Crippen LogP contribution in [0.5, 0.6) is 5.75 Å². The Labute approximate surface area is 145 Å². The van der Waals surface area contributed by atoms with Gasteiger partial charge in [0, 0.05) is 13.1 Å². The topological polar surface area (TPSA) is 90.5 Å². The van der Waals surface area contributed by atoms with Crippen molar-refractivity contribution in [2.75, 3.05) is 20.2 Å². The molecular weight excluding hydrogens is 324 g/mol. The Morgan fingerprint density at radius 1 is 1.28 bits per heavy atom. The number of likely N-dealkylation sites (tertiary alicyclic amines) is 1. The van der Waals surface area contributed by atoms with Crippen molar-refractivity contribution in [3.05, 3.63) is 52.5 Å². The first kappa shape index (κ1) is 16.9. The van der Waals surface area contributed by atoms with Crippen LogP contribution in [0.15, 0.2) is 36.8 Å². The molecule has 1 saturated heterocycles. The number of ether oxygens (including phenoxy) is 1. The van der Waals surface area contributed by atoms with Gasteiger partial charge < -0.3 is 19.8 Å². The molecule has 1 amide bonds. The van der Waals surface area contributed by atoms with Crippen molar-refractivity contribution < 1.29 is 14.5 Å². The Bertz CT molecular complexity index is 780. The van der Waals surface area contributed by atoms with Gasteiger partial charge in [0.2, 0.25) is 6.33 Å². The Balaban J connectivity index is 2.08. The summed E-state index contributed by atoms with van der Waals surface area (Å²) in [5, 5.41) is 11.0. The second-order valence-corrected chi connectivity index (χ2v) is 6.20. The summed E-state index contributed by atoms with van der Waals surface area (Å²) in [6.07, 6.45) is 4.58. The summed E-state index contributed by atoms with van der Waals surface area (Å²) in [5.41, 5.74) is -0.393. The molecule has 1 atom stereocenters. The maximum atomic E-state index is 13.3. The van der Waals surface area contributed by atoms with E-state index in [1.54, 1.807) is 43.2 Å². The fourth-order valence-electron chi connectivity index (χ4n) is 3.18. The van der Waals surface area contributed by atoms with E-state index in [1.807, 2.05) is 0 Å². The Hall–Kier alpha value is -2.90. The molecule has 0 saturated carbocycles. The number of nitro groups is 1. The van der Waals surface area contributed by atoms with Crippen molar-refractivity contribution in [3.63, 3.8) is 0 Å². The molecule has 1 aromatic heterocycles. The molecule has 8 nitrogen and oxygen atoms in total. The predicted octanol–water partition coefficient (Wildman–Crippen LogP) is 2.19. The van der Waals surface area contributed by atoms with Gasteiger partial charge in [0.05, 0.1) is 7.11 Å². The van der Waals surface area contributed by atoms with Crippen molar-refractivity contribution in [1.82, 2.24) is 14.5 Å². The maximum absolute atomic E-state index is 13.3. The molecule has 0 aliphatic carbocycles. The molecule has 25 heavy (non-hydrogen) atoms. The van der Waals surface area contributed by atoms with Gasteiger partial charge in [-0.2, -0.15) is 0 Å². The molecule has 132 valence electrons. The molecule has 1 aliphatic rings. The number of methoxy groups -OCH3 is 1. The highest BCUT2D eigenvalue weighted by atomic mass is 16.6. The van der Waals surface area contributed by atoms with E-state index in [2.05, 4.69) is 4.98 Å². The summed E-state index contributed by atoms with van der Waals surface area (Å²) in [4.78, 5) is 29.3. The number of aromatic nitrogens is 2. The highest BCUT2D eigenvalue weighted by molar-refractivity contribution is 5.88. The van der Waals surface area contributed by atoms with E-state index < -0.39 is 10.5 Å². The zero-order chi connectivity index (χ0) is 18.0. The third-order valence-corrected chi connectivity index (χ3v) is 4.73. The molecule has 3 rings (SSSR count). The third kappa shape index (κ3) is 2.95. The molecule has 2 aromatic rings. The summed E-state index contributed by atoms with van der Waals surface area (Å²) in [6.45, 7) is 3.16. The fourth-order valence-corrected chi connectivity index (χ4v) is 3.18. The van der Waals surface area contributed by atoms with Crippen LogP contribution in [0, 0.1) is 10.1 Å². The van der Waals surface area contributed by atoms with E-state index in [4.69, 9.17) is 4.74 Å². The largest absolute Gasteiger partial charge is 0.497 e. The van der Waals surface area contributed by atoms with Crippen molar-refractivity contribution in [2.45, 2.75) is 25.3 Å².